The molecule has 0 N–H and O–H groups in total. The SMILES string of the molecule is CCCCCCCCCCCCOC(=O)c1ccc(OC(=O)c2ccc(OC(=O)c3ccc4ccc(OC(=O)c5ccc(OC(=O)c6ccc(OCCCCCCCCCCC)cc6)cc5)c(C)c4c3)cc2)cc1. The predicted molar refractivity (Wildman–Crippen MR) is 289 cm³/mol. The number of carbonyl (C=O) groups excluding carboxylic acids is 5. The molecule has 11 nitrogen and oxygen atoms in total. The molecule has 11 heteroatoms. The molecule has 0 atom stereocenters. The van der Waals surface area contributed by atoms with Gasteiger partial charge in [-0.3, -0.25) is 0 Å². The highest BCUT2D eigenvalue weighted by Crippen LogP contribution is 2.30. The monoisotopic (exact) mass is 1000 g/mol. The maximum absolute atomic E-state index is 13.3. The van der Waals surface area contributed by atoms with Crippen molar-refractivity contribution in [2.75, 3.05) is 13.2 Å². The lowest BCUT2D eigenvalue weighted by Gasteiger charge is -2.12. The molecule has 6 rings (SSSR count). The van der Waals surface area contributed by atoms with Crippen LogP contribution in [0.4, 0.5) is 0 Å². The summed E-state index contributed by atoms with van der Waals surface area (Å²) in [7, 11) is 0. The molecule has 0 radical (unpaired) electrons. The average molecular weight is 1010 g/mol. The Balaban J connectivity index is 0.917. The van der Waals surface area contributed by atoms with Crippen LogP contribution in [-0.2, 0) is 4.74 Å². The van der Waals surface area contributed by atoms with Gasteiger partial charge in [0.25, 0.3) is 0 Å². The van der Waals surface area contributed by atoms with Crippen molar-refractivity contribution in [3.8, 4) is 28.7 Å². The number of benzene rings is 6. The highest BCUT2D eigenvalue weighted by atomic mass is 16.6. The van der Waals surface area contributed by atoms with Gasteiger partial charge in [0.05, 0.1) is 41.0 Å². The van der Waals surface area contributed by atoms with Crippen LogP contribution in [0.3, 0.4) is 0 Å². The molecule has 0 fully saturated rings. The average Bonchev–Trinajstić information content (AvgIpc) is 3.42. The Morgan fingerprint density at radius 3 is 1.12 bits per heavy atom. The topological polar surface area (TPSA) is 141 Å². The normalized spacial score (nSPS) is 11.0. The first-order chi connectivity index (χ1) is 36.1. The van der Waals surface area contributed by atoms with E-state index in [4.69, 9.17) is 28.4 Å². The number of rotatable bonds is 31. The maximum atomic E-state index is 13.3. The highest BCUT2D eigenvalue weighted by molar-refractivity contribution is 5.99. The van der Waals surface area contributed by atoms with Crippen LogP contribution in [0.2, 0.25) is 0 Å². The molecule has 0 saturated heterocycles. The molecule has 0 amide bonds. The van der Waals surface area contributed by atoms with Crippen molar-refractivity contribution < 1.29 is 52.4 Å². The first-order valence-electron chi connectivity index (χ1n) is 26.7. The smallest absolute Gasteiger partial charge is 0.343 e. The van der Waals surface area contributed by atoms with Gasteiger partial charge in [-0.25, -0.2) is 24.0 Å². The van der Waals surface area contributed by atoms with E-state index in [1.165, 1.54) is 138 Å². The van der Waals surface area contributed by atoms with E-state index in [1.807, 2.05) is 0 Å². The van der Waals surface area contributed by atoms with Gasteiger partial charge in [0.1, 0.15) is 28.7 Å². The molecule has 0 spiro atoms. The van der Waals surface area contributed by atoms with Gasteiger partial charge in [-0.2, -0.15) is 0 Å². The Hall–Kier alpha value is -7.27. The van der Waals surface area contributed by atoms with E-state index in [0.717, 1.165) is 37.5 Å². The van der Waals surface area contributed by atoms with Crippen molar-refractivity contribution in [3.05, 3.63) is 161 Å². The zero-order valence-corrected chi connectivity index (χ0v) is 43.5. The van der Waals surface area contributed by atoms with E-state index in [0.29, 0.717) is 46.8 Å². The van der Waals surface area contributed by atoms with Crippen molar-refractivity contribution in [3.63, 3.8) is 0 Å². The Morgan fingerprint density at radius 2 is 0.676 bits per heavy atom. The van der Waals surface area contributed by atoms with Crippen molar-refractivity contribution in [2.45, 2.75) is 143 Å². The second-order valence-electron chi connectivity index (χ2n) is 18.8. The lowest BCUT2D eigenvalue weighted by atomic mass is 10.0. The van der Waals surface area contributed by atoms with Gasteiger partial charge in [-0.15, -0.1) is 0 Å². The third-order valence-corrected chi connectivity index (χ3v) is 12.9. The summed E-state index contributed by atoms with van der Waals surface area (Å²) in [5.74, 6) is -1.07. The van der Waals surface area contributed by atoms with Crippen LogP contribution in [0.15, 0.2) is 127 Å². The first kappa shape index (κ1) is 56.0. The molecule has 0 aliphatic heterocycles. The number of ether oxygens (including phenoxy) is 6. The number of hydrogen-bond acceptors (Lipinski definition) is 11. The van der Waals surface area contributed by atoms with E-state index in [2.05, 4.69) is 13.8 Å². The molecule has 0 bridgehead atoms. The minimum Gasteiger partial charge on any atom is -0.494 e. The molecule has 6 aromatic carbocycles. The summed E-state index contributed by atoms with van der Waals surface area (Å²) < 4.78 is 33.8. The molecule has 0 aliphatic rings. The van der Waals surface area contributed by atoms with Crippen LogP contribution in [0.1, 0.15) is 193 Å². The van der Waals surface area contributed by atoms with Crippen LogP contribution in [0.25, 0.3) is 10.8 Å². The van der Waals surface area contributed by atoms with Crippen LogP contribution < -0.4 is 23.7 Å². The second kappa shape index (κ2) is 30.7. The molecule has 0 unspecified atom stereocenters. The van der Waals surface area contributed by atoms with E-state index in [-0.39, 0.29) is 33.9 Å². The lowest BCUT2D eigenvalue weighted by Crippen LogP contribution is -2.11. The minimum absolute atomic E-state index is 0.214. The number of esters is 5. The van der Waals surface area contributed by atoms with Crippen LogP contribution in [0, 0.1) is 6.92 Å². The Labute approximate surface area is 436 Å². The Bertz CT molecular complexity index is 2710. The fourth-order valence-electron chi connectivity index (χ4n) is 8.45. The van der Waals surface area contributed by atoms with E-state index in [1.54, 1.807) is 85.8 Å². The first-order valence-corrected chi connectivity index (χ1v) is 26.7. The third-order valence-electron chi connectivity index (χ3n) is 12.9. The van der Waals surface area contributed by atoms with E-state index < -0.39 is 29.8 Å². The van der Waals surface area contributed by atoms with Gasteiger partial charge in [0, 0.05) is 0 Å². The quantitative estimate of drug-likeness (QED) is 0.0233. The zero-order chi connectivity index (χ0) is 52.3. The summed E-state index contributed by atoms with van der Waals surface area (Å²) in [5.41, 5.74) is 2.12. The Kier molecular flexibility index (Phi) is 23.2. The summed E-state index contributed by atoms with van der Waals surface area (Å²) in [6, 6.07) is 33.7. The molecule has 0 heterocycles. The van der Waals surface area contributed by atoms with E-state index in [9.17, 15) is 24.0 Å². The molecule has 6 aromatic rings. The second-order valence-corrected chi connectivity index (χ2v) is 18.8. The van der Waals surface area contributed by atoms with Gasteiger partial charge < -0.3 is 28.4 Å². The number of aryl methyl sites for hydroxylation is 1. The number of carbonyl (C=O) groups is 5. The summed E-state index contributed by atoms with van der Waals surface area (Å²) in [6.07, 6.45) is 23.2. The summed E-state index contributed by atoms with van der Waals surface area (Å²) in [5, 5.41) is 1.50. The van der Waals surface area contributed by atoms with Crippen LogP contribution >= 0.6 is 0 Å². The summed E-state index contributed by atoms with van der Waals surface area (Å²) in [6.45, 7) is 7.26. The van der Waals surface area contributed by atoms with Gasteiger partial charge in [0.15, 0.2) is 0 Å². The maximum Gasteiger partial charge on any atom is 0.343 e. The molecule has 0 aromatic heterocycles. The third kappa shape index (κ3) is 18.3. The van der Waals surface area contributed by atoms with E-state index >= 15 is 0 Å². The molecular formula is C63H72O11. The fraction of sp³-hybridized carbons (Fsp3) is 0.381. The molecular weight excluding hydrogens is 933 g/mol. The zero-order valence-electron chi connectivity index (χ0n) is 43.5. The minimum atomic E-state index is -0.627. The molecule has 390 valence electrons. The van der Waals surface area contributed by atoms with Crippen LogP contribution in [0.5, 0.6) is 28.7 Å². The molecule has 0 saturated carbocycles. The number of unbranched alkanes of at least 4 members (excludes halogenated alkanes) is 17. The molecule has 0 aliphatic carbocycles. The van der Waals surface area contributed by atoms with Crippen molar-refractivity contribution in [1.82, 2.24) is 0 Å². The van der Waals surface area contributed by atoms with Gasteiger partial charge in [-0.1, -0.05) is 135 Å². The van der Waals surface area contributed by atoms with Gasteiger partial charge in [-0.05, 0) is 151 Å². The highest BCUT2D eigenvalue weighted by Gasteiger charge is 2.18. The van der Waals surface area contributed by atoms with Gasteiger partial charge >= 0.3 is 29.8 Å². The standard InChI is InChI=1S/C63H72O11/c1-4-6-8-10-12-14-16-18-20-22-44-70-59(64)48-27-36-54(37-28-48)71-61(66)50-29-38-56(39-30-50)73-63(68)52-24-23-47-33-42-58(46(3)57(47)45-52)74-62(67)51-31-40-55(41-32-51)72-60(65)49-25-34-53(35-26-49)69-43-21-19-17-15-13-11-9-7-5-2/h23-42,45H,4-22,43-44H2,1-3H3. The predicted octanol–water partition coefficient (Wildman–Crippen LogP) is 16.0. The van der Waals surface area contributed by atoms with Crippen LogP contribution in [-0.4, -0.2) is 43.1 Å². The summed E-state index contributed by atoms with van der Waals surface area (Å²) >= 11 is 0. The molecule has 74 heavy (non-hydrogen) atoms. The van der Waals surface area contributed by atoms with Crippen molar-refractivity contribution in [1.29, 1.82) is 0 Å². The number of hydrogen-bond donors (Lipinski definition) is 0. The largest absolute Gasteiger partial charge is 0.494 e. The summed E-state index contributed by atoms with van der Waals surface area (Å²) in [4.78, 5) is 65.0. The number of fused-ring (bicyclic) bond motifs is 1. The Morgan fingerprint density at radius 1 is 0.338 bits per heavy atom. The van der Waals surface area contributed by atoms with Crippen molar-refractivity contribution >= 4 is 40.6 Å². The fourth-order valence-corrected chi connectivity index (χ4v) is 8.45. The lowest BCUT2D eigenvalue weighted by molar-refractivity contribution is 0.0496. The van der Waals surface area contributed by atoms with Crippen molar-refractivity contribution in [2.24, 2.45) is 0 Å². The van der Waals surface area contributed by atoms with Gasteiger partial charge in [0.2, 0.25) is 0 Å².